The number of benzene rings is 1. The number of carboxylic acids is 1. The number of nitrogens with zero attached hydrogens (tertiary/aromatic N) is 2. The summed E-state index contributed by atoms with van der Waals surface area (Å²) in [6, 6.07) is 4.62. The SMILES string of the molecule is Cc1ncn(-c2cc(C(=O)O)ccc2N)c1C. The smallest absolute Gasteiger partial charge is 0.335 e. The van der Waals surface area contributed by atoms with E-state index in [-0.39, 0.29) is 5.56 Å². The van der Waals surface area contributed by atoms with Crippen molar-refractivity contribution in [1.29, 1.82) is 0 Å². The molecular formula is C12H13N3O2. The number of nitrogen functional groups attached to an aromatic ring is 1. The van der Waals surface area contributed by atoms with Crippen molar-refractivity contribution in [2.75, 3.05) is 5.73 Å². The molecule has 0 aliphatic carbocycles. The molecule has 0 fully saturated rings. The first-order valence-electron chi connectivity index (χ1n) is 5.14. The molecule has 0 spiro atoms. The summed E-state index contributed by atoms with van der Waals surface area (Å²) in [4.78, 5) is 15.1. The maximum atomic E-state index is 10.9. The second-order valence-corrected chi connectivity index (χ2v) is 3.86. The Balaban J connectivity index is 2.62. The lowest BCUT2D eigenvalue weighted by atomic mass is 10.1. The fourth-order valence-corrected chi connectivity index (χ4v) is 1.63. The van der Waals surface area contributed by atoms with Gasteiger partial charge < -0.3 is 15.4 Å². The van der Waals surface area contributed by atoms with Gasteiger partial charge >= 0.3 is 5.97 Å². The van der Waals surface area contributed by atoms with E-state index in [2.05, 4.69) is 4.98 Å². The van der Waals surface area contributed by atoms with E-state index in [1.54, 1.807) is 23.0 Å². The molecule has 0 amide bonds. The normalized spacial score (nSPS) is 10.5. The number of nitrogens with two attached hydrogens (primary N) is 1. The number of aryl methyl sites for hydroxylation is 1. The molecule has 1 heterocycles. The second-order valence-electron chi connectivity index (χ2n) is 3.86. The Morgan fingerprint density at radius 2 is 2.12 bits per heavy atom. The van der Waals surface area contributed by atoms with Gasteiger partial charge in [0.2, 0.25) is 0 Å². The van der Waals surface area contributed by atoms with Crippen LogP contribution >= 0.6 is 0 Å². The maximum absolute atomic E-state index is 10.9. The molecule has 0 radical (unpaired) electrons. The summed E-state index contributed by atoms with van der Waals surface area (Å²) >= 11 is 0. The van der Waals surface area contributed by atoms with Crippen molar-refractivity contribution in [2.24, 2.45) is 0 Å². The van der Waals surface area contributed by atoms with Crippen LogP contribution in [0.25, 0.3) is 5.69 Å². The molecule has 17 heavy (non-hydrogen) atoms. The number of carbonyl (C=O) groups is 1. The fraction of sp³-hybridized carbons (Fsp3) is 0.167. The molecule has 0 saturated carbocycles. The lowest BCUT2D eigenvalue weighted by molar-refractivity contribution is 0.0697. The van der Waals surface area contributed by atoms with E-state index >= 15 is 0 Å². The van der Waals surface area contributed by atoms with Gasteiger partial charge in [-0.05, 0) is 32.0 Å². The van der Waals surface area contributed by atoms with Gasteiger partial charge in [0.05, 0.1) is 29.0 Å². The van der Waals surface area contributed by atoms with E-state index in [4.69, 9.17) is 10.8 Å². The van der Waals surface area contributed by atoms with Gasteiger partial charge in [0.25, 0.3) is 0 Å². The molecule has 0 saturated heterocycles. The monoisotopic (exact) mass is 231 g/mol. The predicted molar refractivity (Wildman–Crippen MR) is 64.4 cm³/mol. The quantitative estimate of drug-likeness (QED) is 0.772. The van der Waals surface area contributed by atoms with Crippen LogP contribution in [-0.4, -0.2) is 20.6 Å². The van der Waals surface area contributed by atoms with E-state index in [0.29, 0.717) is 11.4 Å². The summed E-state index contributed by atoms with van der Waals surface area (Å²) in [5.74, 6) is -0.972. The standard InChI is InChI=1S/C12H13N3O2/c1-7-8(2)15(6-14-7)11-5-9(12(16)17)3-4-10(11)13/h3-6H,13H2,1-2H3,(H,16,17). The molecule has 0 aliphatic heterocycles. The van der Waals surface area contributed by atoms with E-state index in [9.17, 15) is 4.79 Å². The Morgan fingerprint density at radius 1 is 1.41 bits per heavy atom. The second kappa shape index (κ2) is 3.93. The van der Waals surface area contributed by atoms with Crippen LogP contribution in [0.1, 0.15) is 21.7 Å². The van der Waals surface area contributed by atoms with Crippen LogP contribution < -0.4 is 5.73 Å². The van der Waals surface area contributed by atoms with Gasteiger partial charge in [-0.25, -0.2) is 9.78 Å². The summed E-state index contributed by atoms with van der Waals surface area (Å²) in [6.07, 6.45) is 1.64. The summed E-state index contributed by atoms with van der Waals surface area (Å²) < 4.78 is 1.79. The average molecular weight is 231 g/mol. The summed E-state index contributed by atoms with van der Waals surface area (Å²) in [5, 5.41) is 8.96. The van der Waals surface area contributed by atoms with Crippen molar-refractivity contribution < 1.29 is 9.90 Å². The molecule has 1 aromatic heterocycles. The van der Waals surface area contributed by atoms with Gasteiger partial charge in [-0.2, -0.15) is 0 Å². The van der Waals surface area contributed by atoms with Crippen LogP contribution in [0.5, 0.6) is 0 Å². The molecule has 5 heteroatoms. The van der Waals surface area contributed by atoms with E-state index in [1.807, 2.05) is 13.8 Å². The number of imidazole rings is 1. The highest BCUT2D eigenvalue weighted by molar-refractivity contribution is 5.89. The number of aromatic carboxylic acids is 1. The number of hydrogen-bond donors (Lipinski definition) is 2. The first kappa shape index (κ1) is 11.2. The van der Waals surface area contributed by atoms with E-state index in [1.165, 1.54) is 6.07 Å². The highest BCUT2D eigenvalue weighted by Crippen LogP contribution is 2.21. The number of rotatable bonds is 2. The highest BCUT2D eigenvalue weighted by Gasteiger charge is 2.11. The van der Waals surface area contributed by atoms with E-state index in [0.717, 1.165) is 11.4 Å². The highest BCUT2D eigenvalue weighted by atomic mass is 16.4. The average Bonchev–Trinajstić information content (AvgIpc) is 2.60. The molecule has 0 bridgehead atoms. The van der Waals surface area contributed by atoms with Crippen LogP contribution in [0.4, 0.5) is 5.69 Å². The number of aromatic nitrogens is 2. The van der Waals surface area contributed by atoms with Crippen molar-refractivity contribution >= 4 is 11.7 Å². The largest absolute Gasteiger partial charge is 0.478 e. The summed E-state index contributed by atoms with van der Waals surface area (Å²) in [7, 11) is 0. The summed E-state index contributed by atoms with van der Waals surface area (Å²) in [5.41, 5.74) is 9.07. The van der Waals surface area contributed by atoms with Crippen molar-refractivity contribution in [1.82, 2.24) is 9.55 Å². The third-order valence-electron chi connectivity index (χ3n) is 2.79. The van der Waals surface area contributed by atoms with Crippen LogP contribution in [0, 0.1) is 13.8 Å². The Labute approximate surface area is 98.5 Å². The zero-order valence-corrected chi connectivity index (χ0v) is 9.64. The lowest BCUT2D eigenvalue weighted by Gasteiger charge is -2.09. The van der Waals surface area contributed by atoms with Crippen molar-refractivity contribution in [3.8, 4) is 5.69 Å². The van der Waals surface area contributed by atoms with Crippen molar-refractivity contribution in [3.63, 3.8) is 0 Å². The lowest BCUT2D eigenvalue weighted by Crippen LogP contribution is -2.04. The number of anilines is 1. The van der Waals surface area contributed by atoms with Gasteiger partial charge in [-0.1, -0.05) is 0 Å². The zero-order valence-electron chi connectivity index (χ0n) is 9.64. The van der Waals surface area contributed by atoms with Crippen molar-refractivity contribution in [3.05, 3.63) is 41.5 Å². The van der Waals surface area contributed by atoms with Gasteiger partial charge in [0, 0.05) is 5.69 Å². The van der Waals surface area contributed by atoms with Crippen LogP contribution in [0.3, 0.4) is 0 Å². The van der Waals surface area contributed by atoms with Gasteiger partial charge in [0.1, 0.15) is 0 Å². The fourth-order valence-electron chi connectivity index (χ4n) is 1.63. The van der Waals surface area contributed by atoms with Gasteiger partial charge in [-0.3, -0.25) is 0 Å². The minimum Gasteiger partial charge on any atom is -0.478 e. The van der Waals surface area contributed by atoms with Crippen LogP contribution in [0.15, 0.2) is 24.5 Å². The molecule has 5 nitrogen and oxygen atoms in total. The molecule has 1 aromatic carbocycles. The molecule has 0 unspecified atom stereocenters. The molecule has 0 aliphatic rings. The number of hydrogen-bond acceptors (Lipinski definition) is 3. The molecule has 2 rings (SSSR count). The zero-order chi connectivity index (χ0) is 12.6. The molecular weight excluding hydrogens is 218 g/mol. The van der Waals surface area contributed by atoms with Crippen LogP contribution in [0.2, 0.25) is 0 Å². The van der Waals surface area contributed by atoms with E-state index < -0.39 is 5.97 Å². The molecule has 2 aromatic rings. The predicted octanol–water partition coefficient (Wildman–Crippen LogP) is 1.77. The van der Waals surface area contributed by atoms with Crippen molar-refractivity contribution in [2.45, 2.75) is 13.8 Å². The van der Waals surface area contributed by atoms with Crippen LogP contribution in [-0.2, 0) is 0 Å². The topological polar surface area (TPSA) is 81.1 Å². The van der Waals surface area contributed by atoms with Gasteiger partial charge in [-0.15, -0.1) is 0 Å². The maximum Gasteiger partial charge on any atom is 0.335 e. The third kappa shape index (κ3) is 1.87. The minimum atomic E-state index is -0.972. The Bertz CT molecular complexity index is 587. The first-order chi connectivity index (χ1) is 8.00. The van der Waals surface area contributed by atoms with Gasteiger partial charge in [0.15, 0.2) is 0 Å². The first-order valence-corrected chi connectivity index (χ1v) is 5.14. The minimum absolute atomic E-state index is 0.208. The Morgan fingerprint density at radius 3 is 2.65 bits per heavy atom. The number of carboxylic acid groups (broad SMARTS) is 1. The molecule has 0 atom stereocenters. The third-order valence-corrected chi connectivity index (χ3v) is 2.79. The Hall–Kier alpha value is -2.30. The molecule has 88 valence electrons. The Kier molecular flexibility index (Phi) is 2.59. The molecule has 3 N–H and O–H groups in total. The summed E-state index contributed by atoms with van der Waals surface area (Å²) in [6.45, 7) is 3.80.